The normalized spacial score (nSPS) is 13.3. The van der Waals surface area contributed by atoms with Gasteiger partial charge < -0.3 is 10.6 Å². The van der Waals surface area contributed by atoms with Crippen molar-refractivity contribution in [2.24, 2.45) is 20.5 Å². The van der Waals surface area contributed by atoms with Crippen molar-refractivity contribution < 1.29 is 0 Å². The molecule has 0 saturated carbocycles. The van der Waals surface area contributed by atoms with E-state index < -0.39 is 0 Å². The summed E-state index contributed by atoms with van der Waals surface area (Å²) in [6, 6.07) is 33.2. The van der Waals surface area contributed by atoms with Crippen molar-refractivity contribution in [1.29, 1.82) is 0 Å². The smallest absolute Gasteiger partial charge is 0.108 e. The summed E-state index contributed by atoms with van der Waals surface area (Å²) in [7, 11) is 0. The van der Waals surface area contributed by atoms with Gasteiger partial charge in [0.1, 0.15) is 5.66 Å². The molecule has 0 spiro atoms. The lowest BCUT2D eigenvalue weighted by Gasteiger charge is -2.42. The monoisotopic (exact) mass is 905 g/mol. The number of unbranched alkanes of at least 4 members (excludes halogenated alkanes) is 28. The van der Waals surface area contributed by atoms with Gasteiger partial charge in [-0.15, -0.1) is 15.3 Å². The highest BCUT2D eigenvalue weighted by Crippen LogP contribution is 2.45. The average molecular weight is 905 g/mol. The maximum atomic E-state index is 4.91. The van der Waals surface area contributed by atoms with Crippen molar-refractivity contribution in [2.45, 2.75) is 225 Å². The molecule has 5 aromatic carbocycles. The molecule has 0 bridgehead atoms. The van der Waals surface area contributed by atoms with E-state index in [1.807, 2.05) is 54.6 Å². The first-order chi connectivity index (χ1) is 33.2. The molecule has 0 atom stereocenters. The van der Waals surface area contributed by atoms with Gasteiger partial charge in [-0.25, -0.2) is 0 Å². The second kappa shape index (κ2) is 30.7. The Morgan fingerprint density at radius 3 is 1.10 bits per heavy atom. The van der Waals surface area contributed by atoms with E-state index in [4.69, 9.17) is 10.2 Å². The third kappa shape index (κ3) is 17.8. The predicted octanol–water partition coefficient (Wildman–Crippen LogP) is 21.9. The number of azo groups is 2. The fourth-order valence-electron chi connectivity index (χ4n) is 10.4. The lowest BCUT2D eigenvalue weighted by Crippen LogP contribution is -2.48. The van der Waals surface area contributed by atoms with Gasteiger partial charge in [-0.2, -0.15) is 5.11 Å². The molecule has 1 heterocycles. The van der Waals surface area contributed by atoms with Crippen molar-refractivity contribution >= 4 is 55.7 Å². The Labute approximate surface area is 407 Å². The molecule has 0 radical (unpaired) electrons. The van der Waals surface area contributed by atoms with Gasteiger partial charge in [-0.1, -0.05) is 248 Å². The van der Waals surface area contributed by atoms with Crippen LogP contribution in [0.25, 0.3) is 21.5 Å². The van der Waals surface area contributed by atoms with E-state index >= 15 is 0 Å². The van der Waals surface area contributed by atoms with Gasteiger partial charge in [0, 0.05) is 32.9 Å². The van der Waals surface area contributed by atoms with Gasteiger partial charge >= 0.3 is 0 Å². The third-order valence-corrected chi connectivity index (χ3v) is 14.4. The van der Waals surface area contributed by atoms with E-state index in [2.05, 4.69) is 77.2 Å². The van der Waals surface area contributed by atoms with Crippen molar-refractivity contribution in [3.63, 3.8) is 0 Å². The van der Waals surface area contributed by atoms with Crippen molar-refractivity contribution in [1.82, 2.24) is 0 Å². The highest BCUT2D eigenvalue weighted by Gasteiger charge is 2.34. The summed E-state index contributed by atoms with van der Waals surface area (Å²) >= 11 is 0. The van der Waals surface area contributed by atoms with E-state index in [0.717, 1.165) is 51.7 Å². The van der Waals surface area contributed by atoms with Crippen LogP contribution in [0.1, 0.15) is 219 Å². The van der Waals surface area contributed by atoms with Crippen molar-refractivity contribution in [3.8, 4) is 0 Å². The Morgan fingerprint density at radius 2 is 0.657 bits per heavy atom. The second-order valence-electron chi connectivity index (χ2n) is 20.0. The van der Waals surface area contributed by atoms with Gasteiger partial charge in [0.15, 0.2) is 0 Å². The first kappa shape index (κ1) is 51.8. The van der Waals surface area contributed by atoms with Crippen LogP contribution < -0.4 is 10.6 Å². The minimum Gasteiger partial charge on any atom is -0.362 e. The Morgan fingerprint density at radius 1 is 0.313 bits per heavy atom. The lowest BCUT2D eigenvalue weighted by molar-refractivity contribution is 0.401. The standard InChI is InChI=1S/C61H88N6/c1-3-5-7-9-11-13-15-17-19-21-23-25-27-29-36-49-61(50-37-30-28-26-24-22-20-18-16-14-12-10-8-6-4-2)62-58-44-38-43-54-57(47-48-59(63-61)60(54)58)67-66-56-46-45-55(52-41-34-35-42-53(52)56)65-64-51-39-32-31-33-40-51/h31-35,38-48,62-63H,3-30,36-37,49-50H2,1-2H3. The fourth-order valence-corrected chi connectivity index (χ4v) is 10.4. The zero-order valence-corrected chi connectivity index (χ0v) is 42.2. The number of benzene rings is 5. The maximum Gasteiger partial charge on any atom is 0.108 e. The van der Waals surface area contributed by atoms with Crippen LogP contribution in [0.2, 0.25) is 0 Å². The number of anilines is 2. The van der Waals surface area contributed by atoms with E-state index in [1.165, 1.54) is 209 Å². The van der Waals surface area contributed by atoms with Gasteiger partial charge in [0.2, 0.25) is 0 Å². The highest BCUT2D eigenvalue weighted by atomic mass is 15.2. The summed E-state index contributed by atoms with van der Waals surface area (Å²) < 4.78 is 0. The number of nitrogens with zero attached hydrogens (tertiary/aromatic N) is 4. The number of hydrogen-bond donors (Lipinski definition) is 2. The Hall–Kier alpha value is -4.58. The SMILES string of the molecule is CCCCCCCCCCCCCCCCCC1(CCCCCCCCCCCCCCCCC)Nc2cccc3c(N=Nc4ccc(N=Nc5ccccc5)c5ccccc45)ccc(c23)N1. The van der Waals surface area contributed by atoms with Gasteiger partial charge in [-0.3, -0.25) is 0 Å². The fraction of sp³-hybridized carbons (Fsp3) is 0.574. The van der Waals surface area contributed by atoms with E-state index in [0.29, 0.717) is 0 Å². The Balaban J connectivity index is 1.03. The molecular formula is C61H88N6. The van der Waals surface area contributed by atoms with Crippen LogP contribution in [0.15, 0.2) is 118 Å². The molecule has 1 aliphatic rings. The highest BCUT2D eigenvalue weighted by molar-refractivity contribution is 6.10. The Kier molecular flexibility index (Phi) is 23.8. The van der Waals surface area contributed by atoms with E-state index in [9.17, 15) is 0 Å². The molecule has 362 valence electrons. The second-order valence-corrected chi connectivity index (χ2v) is 20.0. The molecule has 0 amide bonds. The zero-order chi connectivity index (χ0) is 46.5. The third-order valence-electron chi connectivity index (χ3n) is 14.4. The molecule has 0 unspecified atom stereocenters. The predicted molar refractivity (Wildman–Crippen MR) is 292 cm³/mol. The maximum absolute atomic E-state index is 4.91. The molecule has 5 aromatic rings. The summed E-state index contributed by atoms with van der Waals surface area (Å²) in [5.74, 6) is 0. The summed E-state index contributed by atoms with van der Waals surface area (Å²) in [6.45, 7) is 4.61. The van der Waals surface area contributed by atoms with E-state index in [-0.39, 0.29) is 5.66 Å². The first-order valence-corrected chi connectivity index (χ1v) is 27.7. The molecule has 6 rings (SSSR count). The average Bonchev–Trinajstić information content (AvgIpc) is 3.36. The first-order valence-electron chi connectivity index (χ1n) is 27.7. The van der Waals surface area contributed by atoms with Crippen molar-refractivity contribution in [2.75, 3.05) is 10.6 Å². The number of hydrogen-bond acceptors (Lipinski definition) is 6. The molecule has 0 aliphatic carbocycles. The summed E-state index contributed by atoms with van der Waals surface area (Å²) in [6.07, 6.45) is 44.1. The zero-order valence-electron chi connectivity index (χ0n) is 42.2. The van der Waals surface area contributed by atoms with Gasteiger partial charge in [-0.05, 0) is 68.1 Å². The van der Waals surface area contributed by atoms with Crippen LogP contribution in [0, 0.1) is 0 Å². The quantitative estimate of drug-likeness (QED) is 0.0310. The summed E-state index contributed by atoms with van der Waals surface area (Å²) in [5, 5.41) is 31.5. The van der Waals surface area contributed by atoms with Crippen LogP contribution in [0.5, 0.6) is 0 Å². The molecular weight excluding hydrogens is 817 g/mol. The molecule has 1 aliphatic heterocycles. The number of fused-ring (bicyclic) bond motifs is 1. The molecule has 0 saturated heterocycles. The topological polar surface area (TPSA) is 73.5 Å². The molecule has 0 fully saturated rings. The van der Waals surface area contributed by atoms with Gasteiger partial charge in [0.05, 0.1) is 22.7 Å². The lowest BCUT2D eigenvalue weighted by atomic mass is 9.89. The van der Waals surface area contributed by atoms with E-state index in [1.54, 1.807) is 0 Å². The van der Waals surface area contributed by atoms with Crippen LogP contribution >= 0.6 is 0 Å². The van der Waals surface area contributed by atoms with Crippen LogP contribution in [0.4, 0.5) is 34.1 Å². The van der Waals surface area contributed by atoms with Crippen LogP contribution in [-0.2, 0) is 0 Å². The van der Waals surface area contributed by atoms with Crippen LogP contribution in [-0.4, -0.2) is 5.66 Å². The molecule has 2 N–H and O–H groups in total. The summed E-state index contributed by atoms with van der Waals surface area (Å²) in [4.78, 5) is 0. The largest absolute Gasteiger partial charge is 0.362 e. The molecule has 6 nitrogen and oxygen atoms in total. The number of rotatable bonds is 36. The number of nitrogens with one attached hydrogen (secondary N) is 2. The van der Waals surface area contributed by atoms with Crippen molar-refractivity contribution in [3.05, 3.63) is 97.1 Å². The molecule has 0 aromatic heterocycles. The molecule has 6 heteroatoms. The Bertz CT molecular complexity index is 2130. The minimum absolute atomic E-state index is 0.143. The summed E-state index contributed by atoms with van der Waals surface area (Å²) in [5.41, 5.74) is 5.61. The van der Waals surface area contributed by atoms with Crippen LogP contribution in [0.3, 0.4) is 0 Å². The molecule has 67 heavy (non-hydrogen) atoms. The van der Waals surface area contributed by atoms with Gasteiger partial charge in [0.25, 0.3) is 0 Å². The minimum atomic E-state index is -0.143.